The number of nitrogens with zero attached hydrogens (tertiary/aromatic N) is 4. The van der Waals surface area contributed by atoms with E-state index in [0.717, 1.165) is 5.69 Å². The summed E-state index contributed by atoms with van der Waals surface area (Å²) in [6.45, 7) is 4.94. The summed E-state index contributed by atoms with van der Waals surface area (Å²) in [5, 5.41) is 10.9. The molecular formula is C22H30N4O5. The van der Waals surface area contributed by atoms with Crippen molar-refractivity contribution >= 4 is 17.5 Å². The molecule has 1 atom stereocenters. The van der Waals surface area contributed by atoms with Crippen molar-refractivity contribution in [3.8, 4) is 0 Å². The molecule has 0 aliphatic rings. The van der Waals surface area contributed by atoms with Crippen LogP contribution in [0.1, 0.15) is 36.3 Å². The zero-order valence-electron chi connectivity index (χ0n) is 18.5. The highest BCUT2D eigenvalue weighted by Crippen LogP contribution is 2.16. The summed E-state index contributed by atoms with van der Waals surface area (Å²) >= 11 is 0. The number of nitro groups is 1. The zero-order valence-corrected chi connectivity index (χ0v) is 18.5. The zero-order chi connectivity index (χ0) is 23.0. The van der Waals surface area contributed by atoms with Crippen molar-refractivity contribution in [3.63, 3.8) is 0 Å². The van der Waals surface area contributed by atoms with Crippen LogP contribution in [0.15, 0.2) is 42.6 Å². The molecule has 2 aromatic rings. The Morgan fingerprint density at radius 3 is 2.42 bits per heavy atom. The molecular weight excluding hydrogens is 400 g/mol. The molecule has 2 rings (SSSR count). The van der Waals surface area contributed by atoms with Crippen LogP contribution >= 0.6 is 0 Å². The number of ether oxygens (including phenoxy) is 1. The van der Waals surface area contributed by atoms with E-state index >= 15 is 0 Å². The Bertz CT molecular complexity index is 894. The minimum atomic E-state index is -0.512. The molecule has 0 saturated carbocycles. The van der Waals surface area contributed by atoms with Crippen molar-refractivity contribution in [2.24, 2.45) is 7.05 Å². The van der Waals surface area contributed by atoms with Crippen LogP contribution in [-0.2, 0) is 23.1 Å². The van der Waals surface area contributed by atoms with Crippen molar-refractivity contribution in [2.75, 3.05) is 26.8 Å². The van der Waals surface area contributed by atoms with Gasteiger partial charge >= 0.3 is 0 Å². The van der Waals surface area contributed by atoms with Gasteiger partial charge in [0, 0.05) is 56.3 Å². The van der Waals surface area contributed by atoms with Crippen molar-refractivity contribution in [1.29, 1.82) is 0 Å². The number of aryl methyl sites for hydroxylation is 1. The first-order valence-corrected chi connectivity index (χ1v) is 10.2. The Hall–Kier alpha value is -3.20. The van der Waals surface area contributed by atoms with Crippen LogP contribution in [0.25, 0.3) is 0 Å². The third kappa shape index (κ3) is 6.39. The first-order valence-electron chi connectivity index (χ1n) is 10.2. The number of hydrogen-bond donors (Lipinski definition) is 0. The number of nitro benzene ring substituents is 1. The molecule has 0 spiro atoms. The number of carbonyl (C=O) groups excluding carboxylic acids is 2. The molecule has 1 heterocycles. The second-order valence-electron chi connectivity index (χ2n) is 7.41. The lowest BCUT2D eigenvalue weighted by Crippen LogP contribution is -2.47. The summed E-state index contributed by atoms with van der Waals surface area (Å²) in [6.07, 6.45) is 2.58. The fourth-order valence-corrected chi connectivity index (χ4v) is 3.14. The summed E-state index contributed by atoms with van der Waals surface area (Å²) < 4.78 is 7.10. The minimum Gasteiger partial charge on any atom is -0.383 e. The van der Waals surface area contributed by atoms with Gasteiger partial charge in [0.2, 0.25) is 5.91 Å². The molecule has 0 unspecified atom stereocenters. The number of amides is 2. The number of rotatable bonds is 11. The average Bonchev–Trinajstić information content (AvgIpc) is 3.18. The first kappa shape index (κ1) is 24.1. The predicted molar refractivity (Wildman–Crippen MR) is 117 cm³/mol. The molecule has 0 radical (unpaired) electrons. The van der Waals surface area contributed by atoms with Gasteiger partial charge in [0.25, 0.3) is 11.6 Å². The Morgan fingerprint density at radius 2 is 1.90 bits per heavy atom. The van der Waals surface area contributed by atoms with E-state index in [-0.39, 0.29) is 30.1 Å². The number of non-ortho nitro benzene ring substituents is 1. The molecule has 9 heteroatoms. The van der Waals surface area contributed by atoms with Crippen LogP contribution in [0.3, 0.4) is 0 Å². The molecule has 0 aliphatic carbocycles. The largest absolute Gasteiger partial charge is 0.383 e. The van der Waals surface area contributed by atoms with E-state index in [1.165, 1.54) is 29.2 Å². The van der Waals surface area contributed by atoms with E-state index in [9.17, 15) is 19.7 Å². The summed E-state index contributed by atoms with van der Waals surface area (Å²) in [5.74, 6) is -0.517. The van der Waals surface area contributed by atoms with Crippen molar-refractivity contribution in [2.45, 2.75) is 32.9 Å². The quantitative estimate of drug-likeness (QED) is 0.403. The lowest BCUT2D eigenvalue weighted by atomic mass is 10.1. The van der Waals surface area contributed by atoms with Crippen LogP contribution in [-0.4, -0.2) is 64.0 Å². The maximum atomic E-state index is 13.2. The summed E-state index contributed by atoms with van der Waals surface area (Å²) in [5.41, 5.74) is 1.20. The monoisotopic (exact) mass is 430 g/mol. The van der Waals surface area contributed by atoms with Crippen LogP contribution in [0.5, 0.6) is 0 Å². The standard InChI is InChI=1S/C22H30N4O5/c1-5-17(2)25(22(28)18-8-10-19(11-9-18)26(29)30)16-21(27)24(13-14-31-4)15-20-7-6-12-23(20)3/h6-12,17H,5,13-16H2,1-4H3/t17-/m0/s1. The second kappa shape index (κ2) is 11.3. The molecule has 9 nitrogen and oxygen atoms in total. The number of hydrogen-bond acceptors (Lipinski definition) is 5. The highest BCUT2D eigenvalue weighted by Gasteiger charge is 2.26. The lowest BCUT2D eigenvalue weighted by Gasteiger charge is -2.31. The smallest absolute Gasteiger partial charge is 0.269 e. The van der Waals surface area contributed by atoms with Gasteiger partial charge in [-0.3, -0.25) is 19.7 Å². The maximum Gasteiger partial charge on any atom is 0.269 e. The van der Waals surface area contributed by atoms with Gasteiger partial charge in [-0.2, -0.15) is 0 Å². The van der Waals surface area contributed by atoms with E-state index in [4.69, 9.17) is 4.74 Å². The minimum absolute atomic E-state index is 0.0844. The number of aromatic nitrogens is 1. The van der Waals surface area contributed by atoms with Gasteiger partial charge in [0.1, 0.15) is 6.54 Å². The van der Waals surface area contributed by atoms with E-state index in [2.05, 4.69) is 0 Å². The van der Waals surface area contributed by atoms with Crippen molar-refractivity contribution < 1.29 is 19.2 Å². The SMILES string of the molecule is CC[C@H](C)N(CC(=O)N(CCOC)Cc1cccn1C)C(=O)c1ccc([N+](=O)[O-])cc1. The van der Waals surface area contributed by atoms with Gasteiger partial charge in [-0.05, 0) is 37.6 Å². The molecule has 0 fully saturated rings. The van der Waals surface area contributed by atoms with Crippen molar-refractivity contribution in [1.82, 2.24) is 14.4 Å². The third-order valence-corrected chi connectivity index (χ3v) is 5.34. The van der Waals surface area contributed by atoms with E-state index < -0.39 is 4.92 Å². The molecule has 0 bridgehead atoms. The lowest BCUT2D eigenvalue weighted by molar-refractivity contribution is -0.384. The number of benzene rings is 1. The molecule has 2 amide bonds. The van der Waals surface area contributed by atoms with Crippen LogP contribution in [0.4, 0.5) is 5.69 Å². The number of carbonyl (C=O) groups is 2. The van der Waals surface area contributed by atoms with Gasteiger partial charge in [0.05, 0.1) is 18.1 Å². The summed E-state index contributed by atoms with van der Waals surface area (Å²) in [7, 11) is 3.49. The first-order chi connectivity index (χ1) is 14.8. The van der Waals surface area contributed by atoms with E-state index in [1.54, 1.807) is 12.0 Å². The van der Waals surface area contributed by atoms with Crippen LogP contribution < -0.4 is 0 Å². The predicted octanol–water partition coefficient (Wildman–Crippen LogP) is 2.85. The molecule has 0 N–H and O–H groups in total. The topological polar surface area (TPSA) is 97.9 Å². The van der Waals surface area contributed by atoms with Crippen LogP contribution in [0.2, 0.25) is 0 Å². The van der Waals surface area contributed by atoms with Gasteiger partial charge in [-0.25, -0.2) is 0 Å². The number of methoxy groups -OCH3 is 1. The fraction of sp³-hybridized carbons (Fsp3) is 0.455. The van der Waals surface area contributed by atoms with Gasteiger partial charge in [-0.15, -0.1) is 0 Å². The maximum absolute atomic E-state index is 13.2. The summed E-state index contributed by atoms with van der Waals surface area (Å²) in [4.78, 5) is 39.9. The van der Waals surface area contributed by atoms with E-state index in [1.807, 2.05) is 43.8 Å². The second-order valence-corrected chi connectivity index (χ2v) is 7.41. The van der Waals surface area contributed by atoms with Crippen LogP contribution in [0, 0.1) is 10.1 Å². The van der Waals surface area contributed by atoms with Gasteiger partial charge in [-0.1, -0.05) is 6.92 Å². The Labute approximate surface area is 182 Å². The van der Waals surface area contributed by atoms with Gasteiger partial charge < -0.3 is 19.1 Å². The van der Waals surface area contributed by atoms with Crippen molar-refractivity contribution in [3.05, 3.63) is 64.0 Å². The fourth-order valence-electron chi connectivity index (χ4n) is 3.14. The molecule has 0 saturated heterocycles. The Morgan fingerprint density at radius 1 is 1.23 bits per heavy atom. The molecule has 168 valence electrons. The molecule has 0 aliphatic heterocycles. The van der Waals surface area contributed by atoms with Gasteiger partial charge in [0.15, 0.2) is 0 Å². The normalized spacial score (nSPS) is 11.7. The van der Waals surface area contributed by atoms with E-state index in [0.29, 0.717) is 31.7 Å². The Balaban J connectivity index is 2.21. The molecule has 1 aromatic heterocycles. The highest BCUT2D eigenvalue weighted by molar-refractivity contribution is 5.97. The highest BCUT2D eigenvalue weighted by atomic mass is 16.6. The Kier molecular flexibility index (Phi) is 8.75. The molecule has 1 aromatic carbocycles. The molecule has 31 heavy (non-hydrogen) atoms. The average molecular weight is 431 g/mol. The third-order valence-electron chi connectivity index (χ3n) is 5.34. The summed E-state index contributed by atoms with van der Waals surface area (Å²) in [6, 6.07) is 9.12.